The van der Waals surface area contributed by atoms with Gasteiger partial charge < -0.3 is 18.6 Å². The molecule has 0 N–H and O–H groups in total. The van der Waals surface area contributed by atoms with Crippen LogP contribution >= 0.6 is 0 Å². The molecular weight excluding hydrogens is 460 g/mol. The number of ketones is 2. The summed E-state index contributed by atoms with van der Waals surface area (Å²) in [5.41, 5.74) is 1.35. The fourth-order valence-electron chi connectivity index (χ4n) is 5.50. The van der Waals surface area contributed by atoms with Crippen LogP contribution in [0.3, 0.4) is 0 Å². The zero-order valence-corrected chi connectivity index (χ0v) is 21.2. The Kier molecular flexibility index (Phi) is 5.69. The lowest BCUT2D eigenvalue weighted by molar-refractivity contribution is -0.120. The van der Waals surface area contributed by atoms with Gasteiger partial charge in [-0.25, -0.2) is 4.79 Å². The average Bonchev–Trinajstić information content (AvgIpc) is 3.31. The van der Waals surface area contributed by atoms with Gasteiger partial charge in [0.15, 0.2) is 23.1 Å². The Bertz CT molecular complexity index is 1270. The first-order valence-corrected chi connectivity index (χ1v) is 12.1. The molecule has 0 radical (unpaired) electrons. The van der Waals surface area contributed by atoms with Crippen molar-refractivity contribution in [2.75, 3.05) is 7.11 Å². The van der Waals surface area contributed by atoms with Gasteiger partial charge in [-0.1, -0.05) is 33.8 Å². The number of rotatable bonds is 4. The van der Waals surface area contributed by atoms with E-state index in [2.05, 4.69) is 27.7 Å². The number of benzene rings is 1. The second kappa shape index (κ2) is 8.50. The molecule has 2 heterocycles. The van der Waals surface area contributed by atoms with Gasteiger partial charge in [0.2, 0.25) is 5.76 Å². The van der Waals surface area contributed by atoms with Crippen molar-refractivity contribution >= 4 is 17.5 Å². The maximum absolute atomic E-state index is 13.5. The van der Waals surface area contributed by atoms with E-state index >= 15 is 0 Å². The highest BCUT2D eigenvalue weighted by molar-refractivity contribution is 6.06. The number of carbonyl (C=O) groups excluding carboxylic acids is 3. The summed E-state index contributed by atoms with van der Waals surface area (Å²) < 4.78 is 22.5. The molecule has 1 aliphatic heterocycles. The monoisotopic (exact) mass is 490 g/mol. The van der Waals surface area contributed by atoms with E-state index in [4.69, 9.17) is 18.6 Å². The molecule has 1 aromatic carbocycles. The van der Waals surface area contributed by atoms with Gasteiger partial charge in [0.1, 0.15) is 11.5 Å². The Balaban J connectivity index is 1.60. The molecule has 0 atom stereocenters. The molecule has 0 amide bonds. The number of allylic oxidation sites excluding steroid dienone is 4. The maximum Gasteiger partial charge on any atom is 0.379 e. The Labute approximate surface area is 210 Å². The van der Waals surface area contributed by atoms with Crippen molar-refractivity contribution in [2.45, 2.75) is 59.3 Å². The van der Waals surface area contributed by atoms with Gasteiger partial charge >= 0.3 is 5.97 Å². The fourth-order valence-corrected chi connectivity index (χ4v) is 5.50. The third-order valence-electron chi connectivity index (χ3n) is 7.03. The minimum atomic E-state index is -0.651. The normalized spacial score (nSPS) is 21.0. The van der Waals surface area contributed by atoms with Crippen LogP contribution in [-0.2, 0) is 14.3 Å². The van der Waals surface area contributed by atoms with Crippen LogP contribution in [0, 0.1) is 10.8 Å². The SMILES string of the molecule is COc1cc(C2C3=C(CC(C)(C)CC3=O)OC3=C2C(=O)CC(C)(C)C3)ccc1OC(=O)c1ccco1. The Morgan fingerprint density at radius 2 is 1.50 bits per heavy atom. The van der Waals surface area contributed by atoms with Crippen molar-refractivity contribution in [2.24, 2.45) is 10.8 Å². The fraction of sp³-hybridized carbons (Fsp3) is 0.414. The lowest BCUT2D eigenvalue weighted by atomic mass is 9.65. The molecule has 0 saturated heterocycles. The van der Waals surface area contributed by atoms with E-state index in [1.54, 1.807) is 24.3 Å². The maximum atomic E-state index is 13.5. The highest BCUT2D eigenvalue weighted by Crippen LogP contribution is 2.53. The molecule has 36 heavy (non-hydrogen) atoms. The van der Waals surface area contributed by atoms with Gasteiger partial charge in [-0.2, -0.15) is 0 Å². The topological polar surface area (TPSA) is 92.0 Å². The molecule has 2 aliphatic carbocycles. The van der Waals surface area contributed by atoms with Crippen LogP contribution in [0.1, 0.15) is 75.4 Å². The predicted molar refractivity (Wildman–Crippen MR) is 131 cm³/mol. The molecule has 0 unspecified atom stereocenters. The molecule has 0 spiro atoms. The quantitative estimate of drug-likeness (QED) is 0.389. The number of Topliss-reactive ketones (excluding diaryl/α,β-unsaturated/α-hetero) is 2. The summed E-state index contributed by atoms with van der Waals surface area (Å²) in [6.45, 7) is 8.21. The summed E-state index contributed by atoms with van der Waals surface area (Å²) in [5.74, 6) is 0.670. The number of carbonyl (C=O) groups is 3. The summed E-state index contributed by atoms with van der Waals surface area (Å²) in [7, 11) is 1.48. The Morgan fingerprint density at radius 1 is 0.889 bits per heavy atom. The summed E-state index contributed by atoms with van der Waals surface area (Å²) >= 11 is 0. The van der Waals surface area contributed by atoms with Gasteiger partial charge in [0.05, 0.1) is 13.4 Å². The molecular formula is C29H30O7. The summed E-state index contributed by atoms with van der Waals surface area (Å²) in [5, 5.41) is 0. The van der Waals surface area contributed by atoms with Crippen molar-refractivity contribution < 1.29 is 33.0 Å². The van der Waals surface area contributed by atoms with Crippen molar-refractivity contribution in [1.29, 1.82) is 0 Å². The number of esters is 1. The first-order valence-electron chi connectivity index (χ1n) is 12.1. The van der Waals surface area contributed by atoms with E-state index in [1.165, 1.54) is 19.4 Å². The van der Waals surface area contributed by atoms with E-state index in [-0.39, 0.29) is 33.9 Å². The summed E-state index contributed by atoms with van der Waals surface area (Å²) in [4.78, 5) is 39.3. The number of furan rings is 1. The molecule has 1 aromatic heterocycles. The number of methoxy groups -OCH3 is 1. The van der Waals surface area contributed by atoms with E-state index in [9.17, 15) is 14.4 Å². The van der Waals surface area contributed by atoms with E-state index in [0.29, 0.717) is 59.7 Å². The highest BCUT2D eigenvalue weighted by atomic mass is 16.6. The zero-order chi connectivity index (χ0) is 25.8. The number of ether oxygens (including phenoxy) is 3. The third-order valence-corrected chi connectivity index (χ3v) is 7.03. The molecule has 3 aliphatic rings. The van der Waals surface area contributed by atoms with E-state index < -0.39 is 11.9 Å². The van der Waals surface area contributed by atoms with Crippen LogP contribution < -0.4 is 9.47 Å². The summed E-state index contributed by atoms with van der Waals surface area (Å²) in [6, 6.07) is 8.25. The molecule has 0 bridgehead atoms. The van der Waals surface area contributed by atoms with Gasteiger partial charge in [0, 0.05) is 42.7 Å². The van der Waals surface area contributed by atoms with Crippen LogP contribution in [0.4, 0.5) is 0 Å². The molecule has 2 aromatic rings. The van der Waals surface area contributed by atoms with Gasteiger partial charge in [-0.3, -0.25) is 9.59 Å². The van der Waals surface area contributed by atoms with Gasteiger partial charge in [-0.05, 0) is 40.7 Å². The Morgan fingerprint density at radius 3 is 2.03 bits per heavy atom. The van der Waals surface area contributed by atoms with Crippen molar-refractivity contribution in [1.82, 2.24) is 0 Å². The zero-order valence-electron chi connectivity index (χ0n) is 21.2. The van der Waals surface area contributed by atoms with Crippen molar-refractivity contribution in [3.63, 3.8) is 0 Å². The van der Waals surface area contributed by atoms with E-state index in [0.717, 1.165) is 0 Å². The number of hydrogen-bond donors (Lipinski definition) is 0. The highest BCUT2D eigenvalue weighted by Gasteiger charge is 2.48. The van der Waals surface area contributed by atoms with Crippen LogP contribution in [0.5, 0.6) is 11.5 Å². The Hall–Kier alpha value is -3.61. The number of hydrogen-bond acceptors (Lipinski definition) is 7. The summed E-state index contributed by atoms with van der Waals surface area (Å²) in [6.07, 6.45) is 3.38. The largest absolute Gasteiger partial charge is 0.493 e. The average molecular weight is 491 g/mol. The lowest BCUT2D eigenvalue weighted by Crippen LogP contribution is -2.37. The smallest absolute Gasteiger partial charge is 0.379 e. The molecule has 0 fully saturated rings. The second-order valence-electron chi connectivity index (χ2n) is 11.4. The van der Waals surface area contributed by atoms with Crippen molar-refractivity contribution in [3.05, 3.63) is 70.6 Å². The van der Waals surface area contributed by atoms with E-state index in [1.807, 2.05) is 0 Å². The molecule has 7 nitrogen and oxygen atoms in total. The molecule has 0 saturated carbocycles. The first-order chi connectivity index (χ1) is 17.0. The van der Waals surface area contributed by atoms with Crippen molar-refractivity contribution in [3.8, 4) is 11.5 Å². The third kappa shape index (κ3) is 4.27. The van der Waals surface area contributed by atoms with Gasteiger partial charge in [-0.15, -0.1) is 0 Å². The minimum Gasteiger partial charge on any atom is -0.493 e. The van der Waals surface area contributed by atoms with Crippen LogP contribution in [0.2, 0.25) is 0 Å². The molecule has 188 valence electrons. The molecule has 7 heteroatoms. The van der Waals surface area contributed by atoms with Crippen LogP contribution in [0.15, 0.2) is 63.7 Å². The minimum absolute atomic E-state index is 0.0114. The standard InChI is InChI=1S/C29H30O7/c1-28(2)12-17(30)25-22(14-28)35-23-15-29(3,4)13-18(31)26(23)24(25)16-8-9-19(21(11-16)33-5)36-27(32)20-7-6-10-34-20/h6-11,24H,12-15H2,1-5H3. The second-order valence-corrected chi connectivity index (χ2v) is 11.4. The van der Waals surface area contributed by atoms with Crippen LogP contribution in [0.25, 0.3) is 0 Å². The molecule has 5 rings (SSSR count). The predicted octanol–water partition coefficient (Wildman–Crippen LogP) is 5.91. The van der Waals surface area contributed by atoms with Gasteiger partial charge in [0.25, 0.3) is 0 Å². The lowest BCUT2D eigenvalue weighted by Gasteiger charge is -2.42. The van der Waals surface area contributed by atoms with Crippen LogP contribution in [-0.4, -0.2) is 24.6 Å². The first kappa shape index (κ1) is 24.1.